The highest BCUT2D eigenvalue weighted by molar-refractivity contribution is 5.25. The van der Waals surface area contributed by atoms with E-state index >= 15 is 0 Å². The van der Waals surface area contributed by atoms with Gasteiger partial charge in [0.25, 0.3) is 0 Å². The Morgan fingerprint density at radius 3 is 2.61 bits per heavy atom. The van der Waals surface area contributed by atoms with Crippen molar-refractivity contribution in [2.75, 3.05) is 6.54 Å². The van der Waals surface area contributed by atoms with Crippen LogP contribution in [0.25, 0.3) is 0 Å². The molecule has 0 radical (unpaired) electrons. The SMILES string of the molecule is CCn1cc(CC(O)(CN)c2ccccc2)cn1. The Kier molecular flexibility index (Phi) is 3.79. The lowest BCUT2D eigenvalue weighted by Gasteiger charge is -2.26. The van der Waals surface area contributed by atoms with Gasteiger partial charge in [-0.1, -0.05) is 30.3 Å². The topological polar surface area (TPSA) is 64.1 Å². The molecular formula is C14H19N3O. The molecule has 1 heterocycles. The molecule has 2 rings (SSSR count). The Bertz CT molecular complexity index is 495. The zero-order chi connectivity index (χ0) is 13.0. The summed E-state index contributed by atoms with van der Waals surface area (Å²) in [5.41, 5.74) is 6.56. The van der Waals surface area contributed by atoms with Gasteiger partial charge in [-0.15, -0.1) is 0 Å². The third-order valence-electron chi connectivity index (χ3n) is 3.16. The van der Waals surface area contributed by atoms with E-state index in [1.54, 1.807) is 6.20 Å². The number of nitrogens with two attached hydrogens (primary N) is 1. The average molecular weight is 245 g/mol. The summed E-state index contributed by atoms with van der Waals surface area (Å²) >= 11 is 0. The molecule has 4 nitrogen and oxygen atoms in total. The van der Waals surface area contributed by atoms with Gasteiger partial charge in [0, 0.05) is 25.7 Å². The van der Waals surface area contributed by atoms with Crippen LogP contribution in [0.5, 0.6) is 0 Å². The Hall–Kier alpha value is -1.65. The standard InChI is InChI=1S/C14H19N3O/c1-2-17-10-12(9-16-17)8-14(18,11-15)13-6-4-3-5-7-13/h3-7,9-10,18H,2,8,11,15H2,1H3. The van der Waals surface area contributed by atoms with E-state index in [-0.39, 0.29) is 6.54 Å². The van der Waals surface area contributed by atoms with Crippen molar-refractivity contribution in [3.8, 4) is 0 Å². The van der Waals surface area contributed by atoms with Crippen LogP contribution in [0.3, 0.4) is 0 Å². The molecular weight excluding hydrogens is 226 g/mol. The molecule has 1 aromatic carbocycles. The number of hydrogen-bond acceptors (Lipinski definition) is 3. The Morgan fingerprint density at radius 1 is 1.33 bits per heavy atom. The van der Waals surface area contributed by atoms with Crippen LogP contribution in [0.15, 0.2) is 42.7 Å². The molecule has 0 aliphatic carbocycles. The third kappa shape index (κ3) is 2.60. The molecule has 0 aliphatic rings. The van der Waals surface area contributed by atoms with Crippen LogP contribution in [-0.4, -0.2) is 21.4 Å². The van der Waals surface area contributed by atoms with E-state index in [2.05, 4.69) is 5.10 Å². The minimum absolute atomic E-state index is 0.189. The number of aliphatic hydroxyl groups is 1. The van der Waals surface area contributed by atoms with E-state index in [4.69, 9.17) is 5.73 Å². The van der Waals surface area contributed by atoms with Gasteiger partial charge in [-0.2, -0.15) is 5.10 Å². The van der Waals surface area contributed by atoms with Crippen molar-refractivity contribution in [1.82, 2.24) is 9.78 Å². The quantitative estimate of drug-likeness (QED) is 0.834. The second-order valence-electron chi connectivity index (χ2n) is 4.48. The molecule has 0 aliphatic heterocycles. The first-order valence-corrected chi connectivity index (χ1v) is 6.17. The number of aromatic nitrogens is 2. The zero-order valence-electron chi connectivity index (χ0n) is 10.6. The molecule has 4 heteroatoms. The summed E-state index contributed by atoms with van der Waals surface area (Å²) in [6, 6.07) is 9.54. The Labute approximate surface area is 107 Å². The lowest BCUT2D eigenvalue weighted by atomic mass is 9.88. The fraction of sp³-hybridized carbons (Fsp3) is 0.357. The highest BCUT2D eigenvalue weighted by Gasteiger charge is 2.28. The molecule has 0 fully saturated rings. The van der Waals surface area contributed by atoms with Crippen LogP contribution in [0, 0.1) is 0 Å². The summed E-state index contributed by atoms with van der Waals surface area (Å²) in [7, 11) is 0. The summed E-state index contributed by atoms with van der Waals surface area (Å²) in [4.78, 5) is 0. The van der Waals surface area contributed by atoms with Crippen LogP contribution in [-0.2, 0) is 18.6 Å². The monoisotopic (exact) mass is 245 g/mol. The fourth-order valence-electron chi connectivity index (χ4n) is 2.05. The van der Waals surface area contributed by atoms with Gasteiger partial charge in [0.15, 0.2) is 0 Å². The van der Waals surface area contributed by atoms with Crippen LogP contribution >= 0.6 is 0 Å². The maximum absolute atomic E-state index is 10.7. The predicted molar refractivity (Wildman–Crippen MR) is 71.0 cm³/mol. The van der Waals surface area contributed by atoms with Gasteiger partial charge in [-0.25, -0.2) is 0 Å². The van der Waals surface area contributed by atoms with E-state index in [0.717, 1.165) is 17.7 Å². The van der Waals surface area contributed by atoms with Crippen molar-refractivity contribution >= 4 is 0 Å². The van der Waals surface area contributed by atoms with Crippen molar-refractivity contribution in [3.05, 3.63) is 53.9 Å². The van der Waals surface area contributed by atoms with Crippen molar-refractivity contribution in [2.24, 2.45) is 5.73 Å². The van der Waals surface area contributed by atoms with Crippen molar-refractivity contribution < 1.29 is 5.11 Å². The summed E-state index contributed by atoms with van der Waals surface area (Å²) < 4.78 is 1.84. The molecule has 1 atom stereocenters. The van der Waals surface area contributed by atoms with Gasteiger partial charge >= 0.3 is 0 Å². The summed E-state index contributed by atoms with van der Waals surface area (Å²) in [5.74, 6) is 0. The molecule has 0 amide bonds. The lowest BCUT2D eigenvalue weighted by molar-refractivity contribution is 0.0462. The van der Waals surface area contributed by atoms with Gasteiger partial charge in [-0.05, 0) is 18.1 Å². The van der Waals surface area contributed by atoms with E-state index in [1.807, 2.05) is 48.1 Å². The molecule has 18 heavy (non-hydrogen) atoms. The maximum Gasteiger partial charge on any atom is 0.106 e. The lowest BCUT2D eigenvalue weighted by Crippen LogP contribution is -2.37. The van der Waals surface area contributed by atoms with Crippen LogP contribution < -0.4 is 5.73 Å². The maximum atomic E-state index is 10.7. The smallest absolute Gasteiger partial charge is 0.106 e. The zero-order valence-corrected chi connectivity index (χ0v) is 10.6. The molecule has 0 saturated heterocycles. The number of rotatable bonds is 5. The molecule has 0 saturated carbocycles. The first kappa shape index (κ1) is 12.8. The van der Waals surface area contributed by atoms with E-state index < -0.39 is 5.60 Å². The summed E-state index contributed by atoms with van der Waals surface area (Å²) in [5, 5.41) is 14.9. The summed E-state index contributed by atoms with van der Waals surface area (Å²) in [6.07, 6.45) is 4.21. The highest BCUT2D eigenvalue weighted by atomic mass is 16.3. The van der Waals surface area contributed by atoms with Crippen molar-refractivity contribution in [3.63, 3.8) is 0 Å². The number of nitrogens with zero attached hydrogens (tertiary/aromatic N) is 2. The first-order chi connectivity index (χ1) is 8.68. The fourth-order valence-corrected chi connectivity index (χ4v) is 2.05. The first-order valence-electron chi connectivity index (χ1n) is 6.17. The van der Waals surface area contributed by atoms with Gasteiger partial charge in [0.1, 0.15) is 5.60 Å². The van der Waals surface area contributed by atoms with E-state index in [1.165, 1.54) is 0 Å². The molecule has 1 aromatic heterocycles. The van der Waals surface area contributed by atoms with Gasteiger partial charge in [0.05, 0.1) is 6.20 Å². The van der Waals surface area contributed by atoms with Gasteiger partial charge < -0.3 is 10.8 Å². The van der Waals surface area contributed by atoms with Gasteiger partial charge in [0.2, 0.25) is 0 Å². The second kappa shape index (κ2) is 5.33. The van der Waals surface area contributed by atoms with E-state index in [9.17, 15) is 5.11 Å². The third-order valence-corrected chi connectivity index (χ3v) is 3.16. The predicted octanol–water partition coefficient (Wildman–Crippen LogP) is 1.29. The Morgan fingerprint density at radius 2 is 2.06 bits per heavy atom. The second-order valence-corrected chi connectivity index (χ2v) is 4.48. The largest absolute Gasteiger partial charge is 0.383 e. The number of aryl methyl sites for hydroxylation is 1. The van der Waals surface area contributed by atoms with Crippen LogP contribution in [0.1, 0.15) is 18.1 Å². The summed E-state index contributed by atoms with van der Waals surface area (Å²) in [6.45, 7) is 3.05. The normalized spacial score (nSPS) is 14.4. The molecule has 3 N–H and O–H groups in total. The number of hydrogen-bond donors (Lipinski definition) is 2. The minimum atomic E-state index is -1.02. The highest BCUT2D eigenvalue weighted by Crippen LogP contribution is 2.24. The molecule has 0 spiro atoms. The average Bonchev–Trinajstić information content (AvgIpc) is 2.87. The van der Waals surface area contributed by atoms with Gasteiger partial charge in [-0.3, -0.25) is 4.68 Å². The molecule has 96 valence electrons. The molecule has 0 bridgehead atoms. The molecule has 2 aromatic rings. The van der Waals surface area contributed by atoms with Crippen molar-refractivity contribution in [2.45, 2.75) is 25.5 Å². The van der Waals surface area contributed by atoms with Crippen LogP contribution in [0.4, 0.5) is 0 Å². The van der Waals surface area contributed by atoms with E-state index in [0.29, 0.717) is 6.42 Å². The van der Waals surface area contributed by atoms with Crippen LogP contribution in [0.2, 0.25) is 0 Å². The number of benzene rings is 1. The Balaban J connectivity index is 2.23. The molecule has 1 unspecified atom stereocenters. The minimum Gasteiger partial charge on any atom is -0.383 e. The van der Waals surface area contributed by atoms with Crippen molar-refractivity contribution in [1.29, 1.82) is 0 Å².